The third-order valence-electron chi connectivity index (χ3n) is 7.14. The van der Waals surface area contributed by atoms with Crippen LogP contribution in [0.4, 0.5) is 36.4 Å². The third-order valence-corrected chi connectivity index (χ3v) is 7.49. The molecule has 0 spiro atoms. The van der Waals surface area contributed by atoms with Gasteiger partial charge < -0.3 is 19.8 Å². The lowest BCUT2D eigenvalue weighted by atomic mass is 9.63. The minimum Gasteiger partial charge on any atom is -0.374 e. The Morgan fingerprint density at radius 3 is 2.33 bits per heavy atom. The van der Waals surface area contributed by atoms with E-state index < -0.39 is 53.3 Å². The molecule has 4 radical (unpaired) electrons. The first kappa shape index (κ1) is 34.8. The van der Waals surface area contributed by atoms with Crippen LogP contribution in [0.5, 0.6) is 0 Å². The molecule has 0 saturated heterocycles. The highest BCUT2D eigenvalue weighted by Crippen LogP contribution is 2.47. The van der Waals surface area contributed by atoms with Gasteiger partial charge in [-0.1, -0.05) is 45.5 Å². The first-order chi connectivity index (χ1) is 21.4. The van der Waals surface area contributed by atoms with E-state index in [0.29, 0.717) is 12.1 Å². The van der Waals surface area contributed by atoms with E-state index in [1.165, 1.54) is 19.1 Å². The number of hydrogen-bond donors (Lipinski definition) is 3. The van der Waals surface area contributed by atoms with Crippen molar-refractivity contribution in [2.75, 3.05) is 5.32 Å². The molecule has 15 heteroatoms. The highest BCUT2D eigenvalue weighted by atomic mass is 35.5. The summed E-state index contributed by atoms with van der Waals surface area (Å²) in [6.45, 7) is 12.2. The Kier molecular flexibility index (Phi) is 9.55. The molecule has 4 aromatic rings. The first-order valence-electron chi connectivity index (χ1n) is 13.9. The summed E-state index contributed by atoms with van der Waals surface area (Å²) in [5.74, 6) is -1.80. The summed E-state index contributed by atoms with van der Waals surface area (Å²) in [4.78, 5) is 0. The fraction of sp³-hybridized carbons (Fsp3) is 0.258. The summed E-state index contributed by atoms with van der Waals surface area (Å²) < 4.78 is 98.6. The summed E-state index contributed by atoms with van der Waals surface area (Å²) in [5, 5.41) is 13.0. The van der Waals surface area contributed by atoms with Crippen LogP contribution in [-0.4, -0.2) is 31.3 Å². The lowest BCUT2D eigenvalue weighted by Gasteiger charge is -2.25. The van der Waals surface area contributed by atoms with Crippen LogP contribution in [0.15, 0.2) is 55.6 Å². The van der Waals surface area contributed by atoms with Gasteiger partial charge in [0.05, 0.1) is 44.9 Å². The van der Waals surface area contributed by atoms with E-state index in [-0.39, 0.29) is 55.4 Å². The minimum absolute atomic E-state index is 0.0376. The van der Waals surface area contributed by atoms with E-state index in [2.05, 4.69) is 23.8 Å². The molecule has 2 heterocycles. The molecule has 0 saturated carbocycles. The number of anilines is 1. The average molecular weight is 660 g/mol. The number of hydrogen-bond acceptors (Lipinski definition) is 3. The predicted octanol–water partition coefficient (Wildman–Crippen LogP) is 7.88. The molecule has 5 rings (SSSR count). The molecule has 1 unspecified atom stereocenters. The summed E-state index contributed by atoms with van der Waals surface area (Å²) in [7, 11) is 12.4. The average Bonchev–Trinajstić information content (AvgIpc) is 3.44. The molecule has 1 aromatic heterocycles. The normalized spacial score (nSPS) is 14.6. The number of fused-ring (bicyclic) bond motifs is 3. The van der Waals surface area contributed by atoms with Crippen molar-refractivity contribution in [1.82, 2.24) is 14.5 Å². The van der Waals surface area contributed by atoms with Gasteiger partial charge in [-0.05, 0) is 47.8 Å². The van der Waals surface area contributed by atoms with Crippen molar-refractivity contribution in [2.45, 2.75) is 51.3 Å². The van der Waals surface area contributed by atoms with Crippen molar-refractivity contribution in [2.24, 2.45) is 0 Å². The number of nitrogens with one attached hydrogen (secondary N) is 3. The smallest absolute Gasteiger partial charge is 0.374 e. The highest BCUT2D eigenvalue weighted by molar-refractivity contribution is 6.37. The van der Waals surface area contributed by atoms with E-state index in [0.717, 1.165) is 27.3 Å². The lowest BCUT2D eigenvalue weighted by Crippen LogP contribution is -2.40. The molecule has 1 aliphatic heterocycles. The second-order valence-corrected chi connectivity index (χ2v) is 10.9. The second-order valence-electron chi connectivity index (χ2n) is 10.5. The van der Waals surface area contributed by atoms with Crippen LogP contribution in [0.2, 0.25) is 5.02 Å². The van der Waals surface area contributed by atoms with Gasteiger partial charge in [-0.3, -0.25) is 5.41 Å². The predicted molar refractivity (Wildman–Crippen MR) is 168 cm³/mol. The largest absolute Gasteiger partial charge is 0.416 e. The Hall–Kier alpha value is -4.06. The van der Waals surface area contributed by atoms with Gasteiger partial charge in [-0.25, -0.2) is 17.6 Å². The number of benzene rings is 3. The van der Waals surface area contributed by atoms with Crippen LogP contribution in [0.3, 0.4) is 0 Å². The zero-order chi connectivity index (χ0) is 34.5. The van der Waals surface area contributed by atoms with E-state index in [9.17, 15) is 30.7 Å². The van der Waals surface area contributed by atoms with E-state index >= 15 is 0 Å². The zero-order valence-electron chi connectivity index (χ0n) is 24.9. The summed E-state index contributed by atoms with van der Waals surface area (Å²) in [5.41, 5.74) is -0.974. The van der Waals surface area contributed by atoms with Crippen LogP contribution in [-0.2, 0) is 18.1 Å². The first-order valence-corrected chi connectivity index (χ1v) is 14.2. The van der Waals surface area contributed by atoms with Gasteiger partial charge >= 0.3 is 6.18 Å². The van der Waals surface area contributed by atoms with Crippen molar-refractivity contribution in [3.05, 3.63) is 106 Å². The Morgan fingerprint density at radius 1 is 1.09 bits per heavy atom. The number of aromatic nitrogens is 2. The molecule has 5 nitrogen and oxygen atoms in total. The number of alkyl halides is 5. The molecule has 1 aliphatic rings. The summed E-state index contributed by atoms with van der Waals surface area (Å²) in [6.07, 6.45) is -7.76. The van der Waals surface area contributed by atoms with E-state index in [1.807, 2.05) is 13.8 Å². The highest BCUT2D eigenvalue weighted by Gasteiger charge is 2.37. The quantitative estimate of drug-likeness (QED) is 0.140. The molecule has 0 amide bonds. The molecule has 0 bridgehead atoms. The van der Waals surface area contributed by atoms with Crippen molar-refractivity contribution >= 4 is 55.4 Å². The molecule has 3 aromatic carbocycles. The van der Waals surface area contributed by atoms with Gasteiger partial charge in [0.25, 0.3) is 6.43 Å². The van der Waals surface area contributed by atoms with Gasteiger partial charge in [0, 0.05) is 44.4 Å². The van der Waals surface area contributed by atoms with E-state index in [4.69, 9.17) is 32.7 Å². The molecular weight excluding hydrogens is 632 g/mol. The van der Waals surface area contributed by atoms with Gasteiger partial charge in [0.1, 0.15) is 11.6 Å². The van der Waals surface area contributed by atoms with Crippen LogP contribution in [0.25, 0.3) is 22.4 Å². The fourth-order valence-corrected chi connectivity index (χ4v) is 5.62. The maximum absolute atomic E-state index is 14.4. The van der Waals surface area contributed by atoms with Gasteiger partial charge in [-0.15, -0.1) is 0 Å². The topological polar surface area (TPSA) is 57.8 Å². The van der Waals surface area contributed by atoms with Crippen molar-refractivity contribution < 1.29 is 30.7 Å². The van der Waals surface area contributed by atoms with Crippen LogP contribution >= 0.6 is 11.6 Å². The molecule has 0 aliphatic carbocycles. The summed E-state index contributed by atoms with van der Waals surface area (Å²) >= 11 is 6.45. The van der Waals surface area contributed by atoms with Crippen molar-refractivity contribution in [1.29, 1.82) is 5.41 Å². The molecule has 3 N–H and O–H groups in total. The van der Waals surface area contributed by atoms with Gasteiger partial charge in [0.15, 0.2) is 0 Å². The van der Waals surface area contributed by atoms with Crippen LogP contribution < -0.4 is 16.3 Å². The van der Waals surface area contributed by atoms with Crippen LogP contribution in [0, 0.1) is 17.0 Å². The van der Waals surface area contributed by atoms with Crippen molar-refractivity contribution in [3.63, 3.8) is 0 Å². The standard InChI is InChI=1S/C29H21B2ClF7N5.C2H6/c1-12(14-6-15(29(37,38)39)8-17(34)7-14)41-20-10-21-26(44(28(3,30)31)27(40)43(21)11-22(35)36)23-13(2)42-25(24(20)23)18-9-16(33)4-5-19(18)32;1-2/h4-10,22,25,40-42H,1-2,11H2,3H3;1-2H3. The Labute approximate surface area is 268 Å². The number of rotatable bonds is 7. The monoisotopic (exact) mass is 659 g/mol. The number of imidazole rings is 1. The molecule has 0 fully saturated rings. The maximum atomic E-state index is 14.4. The Bertz CT molecular complexity index is 1910. The summed E-state index contributed by atoms with van der Waals surface area (Å²) in [6, 6.07) is 5.90. The molecule has 238 valence electrons. The Morgan fingerprint density at radius 2 is 1.74 bits per heavy atom. The fourth-order valence-electron chi connectivity index (χ4n) is 5.40. The molecular formula is C31H27B2ClF7N5. The third kappa shape index (κ3) is 6.44. The maximum Gasteiger partial charge on any atom is 0.416 e. The van der Waals surface area contributed by atoms with Gasteiger partial charge in [0.2, 0.25) is 5.62 Å². The Balaban J connectivity index is 0.00000235. The number of halogens is 8. The molecule has 46 heavy (non-hydrogen) atoms. The zero-order valence-corrected chi connectivity index (χ0v) is 25.6. The van der Waals surface area contributed by atoms with E-state index in [1.54, 1.807) is 0 Å². The van der Waals surface area contributed by atoms with Crippen LogP contribution in [0.1, 0.15) is 54.6 Å². The minimum atomic E-state index is -4.86. The SMILES string of the molecule is CC.[B]C([B])(C)n1c(=N)n(CC(F)F)c2cc(NC(=C)c3cc(F)cc(C(F)(F)F)c3)c3c(c21)C(=C)NC3c1cc(F)ccc1Cl. The molecule has 1 atom stereocenters. The van der Waals surface area contributed by atoms with Crippen molar-refractivity contribution in [3.8, 4) is 0 Å². The lowest BCUT2D eigenvalue weighted by molar-refractivity contribution is -0.137. The second kappa shape index (κ2) is 12.6. The van der Waals surface area contributed by atoms with Gasteiger partial charge in [-0.2, -0.15) is 13.2 Å². The number of nitrogens with zero attached hydrogens (tertiary/aromatic N) is 2.